The van der Waals surface area contributed by atoms with Crippen LogP contribution >= 0.6 is 0 Å². The van der Waals surface area contributed by atoms with E-state index in [9.17, 15) is 23.6 Å². The summed E-state index contributed by atoms with van der Waals surface area (Å²) in [5, 5.41) is 18.6. The van der Waals surface area contributed by atoms with Gasteiger partial charge in [-0.2, -0.15) is 8.42 Å². The number of unbranched alkanes of at least 4 members (excludes halogenated alkanes) is 1. The zero-order valence-electron chi connectivity index (χ0n) is 31.5. The minimum absolute atomic E-state index is 0.00283. The first-order valence-corrected chi connectivity index (χ1v) is 18.6. The molecule has 0 aromatic rings. The Morgan fingerprint density at radius 3 is 2.42 bits per heavy atom. The molecule has 11 atom stereocenters. The van der Waals surface area contributed by atoms with Gasteiger partial charge in [-0.3, -0.25) is 4.55 Å². The molecule has 4 aliphatic rings. The van der Waals surface area contributed by atoms with Crippen molar-refractivity contribution in [2.24, 2.45) is 58.0 Å². The van der Waals surface area contributed by atoms with Crippen LogP contribution in [-0.2, 0) is 14.6 Å². The van der Waals surface area contributed by atoms with Crippen LogP contribution in [0.25, 0.3) is 0 Å². The Hall–Kier alpha value is -0.290. The first-order valence-electron chi connectivity index (χ1n) is 19.3. The predicted molar refractivity (Wildman–Crippen MR) is 174 cm³/mol. The lowest BCUT2D eigenvalue weighted by Crippen LogP contribution is -2.59. The van der Waals surface area contributed by atoms with E-state index in [2.05, 4.69) is 31.4 Å². The van der Waals surface area contributed by atoms with E-state index in [1.54, 1.807) is 0 Å². The topological polar surface area (TPSA) is 134 Å². The van der Waals surface area contributed by atoms with E-state index >= 15 is 0 Å². The Morgan fingerprint density at radius 2 is 1.72 bits per heavy atom. The summed E-state index contributed by atoms with van der Waals surface area (Å²) in [5.41, 5.74) is 5.01. The second kappa shape index (κ2) is 15.1. The number of rotatable bonds is 16. The summed E-state index contributed by atoms with van der Waals surface area (Å²) in [6.45, 7) is 13.4. The molecule has 0 radical (unpaired) electrons. The Bertz CT molecular complexity index is 1150. The third kappa shape index (κ3) is 8.36. The summed E-state index contributed by atoms with van der Waals surface area (Å²) < 4.78 is 74.3. The van der Waals surface area contributed by atoms with Crippen LogP contribution in [0.5, 0.6) is 0 Å². The maximum Gasteiger partial charge on any atom is 0.397 e. The molecule has 4 rings (SSSR count). The Morgan fingerprint density at radius 1 is 1.00 bits per heavy atom. The highest BCUT2D eigenvalue weighted by Crippen LogP contribution is 2.68. The number of hydrogen-bond acceptors (Lipinski definition) is 7. The van der Waals surface area contributed by atoms with Crippen LogP contribution in [0.2, 0.25) is 0 Å². The van der Waals surface area contributed by atoms with Gasteiger partial charge in [0.25, 0.3) is 0 Å². The molecule has 0 bridgehead atoms. The first kappa shape index (κ1) is 30.1. The average molecular weight is 632 g/mol. The molecule has 0 amide bonds. The second-order valence-electron chi connectivity index (χ2n) is 15.3. The van der Waals surface area contributed by atoms with E-state index in [1.807, 2.05) is 13.8 Å². The number of fused-ring (bicyclic) bond motifs is 5. The molecular weight excluding hydrogens is 562 g/mol. The minimum atomic E-state index is -4.52. The van der Waals surface area contributed by atoms with Gasteiger partial charge in [-0.1, -0.05) is 34.6 Å². The average Bonchev–Trinajstić information content (AvgIpc) is 3.31. The standard InChI is InChI=1S/C34H65N3O5S/c1-23(2)31(42-43(39,40)41)12-9-24(3)27-10-11-28-32-29(14-16-34(27,28)5)33(4)15-13-26(21-25(33)22-30(32)38)37-20-8-19-36-18-7-6-17-35/h23-32,36-38H,6-22,35H2,1-5H3,(H,39,40,41)/t24-,25-,26+,27-,28?,29?,30-,31-,32?,33+,34-/m1/s1/i13D2,21D2. The van der Waals surface area contributed by atoms with E-state index < -0.39 is 52.7 Å². The van der Waals surface area contributed by atoms with Crippen molar-refractivity contribution in [3.63, 3.8) is 0 Å². The lowest BCUT2D eigenvalue weighted by molar-refractivity contribution is -0.167. The predicted octanol–water partition coefficient (Wildman–Crippen LogP) is 5.55. The van der Waals surface area contributed by atoms with Crippen molar-refractivity contribution in [3.8, 4) is 0 Å². The molecular formula is C34H65N3O5S. The van der Waals surface area contributed by atoms with Gasteiger partial charge in [-0.25, -0.2) is 4.18 Å². The van der Waals surface area contributed by atoms with Crippen molar-refractivity contribution in [1.82, 2.24) is 10.6 Å². The fourth-order valence-electron chi connectivity index (χ4n) is 9.88. The number of hydrogen-bond donors (Lipinski definition) is 5. The van der Waals surface area contributed by atoms with Crippen molar-refractivity contribution in [3.05, 3.63) is 0 Å². The number of aliphatic hydroxyl groups excluding tert-OH is 1. The number of nitrogens with two attached hydrogens (primary N) is 1. The third-order valence-corrected chi connectivity index (χ3v) is 12.8. The Labute approximate surface area is 269 Å². The highest BCUT2D eigenvalue weighted by Gasteiger charge is 2.62. The van der Waals surface area contributed by atoms with E-state index in [1.165, 1.54) is 0 Å². The molecule has 252 valence electrons. The maximum absolute atomic E-state index is 11.9. The molecule has 8 nitrogen and oxygen atoms in total. The quantitative estimate of drug-likeness (QED) is 0.111. The number of aliphatic hydroxyl groups is 1. The van der Waals surface area contributed by atoms with Crippen molar-refractivity contribution in [1.29, 1.82) is 0 Å². The lowest BCUT2D eigenvalue weighted by Gasteiger charge is -2.62. The molecule has 0 saturated heterocycles. The maximum atomic E-state index is 11.9. The van der Waals surface area contributed by atoms with Gasteiger partial charge in [0.1, 0.15) is 0 Å². The first-order chi connectivity index (χ1) is 21.8. The summed E-state index contributed by atoms with van der Waals surface area (Å²) >= 11 is 0. The molecule has 4 saturated carbocycles. The summed E-state index contributed by atoms with van der Waals surface area (Å²) in [6.07, 6.45) is 3.86. The van der Waals surface area contributed by atoms with Gasteiger partial charge in [0.15, 0.2) is 0 Å². The highest BCUT2D eigenvalue weighted by molar-refractivity contribution is 7.80. The van der Waals surface area contributed by atoms with Crippen LogP contribution in [0.1, 0.15) is 123 Å². The van der Waals surface area contributed by atoms with Gasteiger partial charge in [0.05, 0.1) is 12.2 Å². The molecule has 4 aliphatic carbocycles. The van der Waals surface area contributed by atoms with E-state index in [0.29, 0.717) is 44.2 Å². The molecule has 43 heavy (non-hydrogen) atoms. The van der Waals surface area contributed by atoms with Crippen LogP contribution in [0.3, 0.4) is 0 Å². The van der Waals surface area contributed by atoms with Gasteiger partial charge < -0.3 is 21.5 Å². The molecule has 0 aliphatic heterocycles. The lowest BCUT2D eigenvalue weighted by atomic mass is 9.43. The van der Waals surface area contributed by atoms with Gasteiger partial charge in [-0.05, 0) is 162 Å². The van der Waals surface area contributed by atoms with E-state index in [4.69, 9.17) is 9.92 Å². The monoisotopic (exact) mass is 631 g/mol. The molecule has 4 fully saturated rings. The van der Waals surface area contributed by atoms with Crippen molar-refractivity contribution < 1.29 is 27.7 Å². The Balaban J connectivity index is 1.45. The van der Waals surface area contributed by atoms with Crippen LogP contribution < -0.4 is 16.4 Å². The van der Waals surface area contributed by atoms with Gasteiger partial charge in [0.2, 0.25) is 0 Å². The molecule has 3 unspecified atom stereocenters. The minimum Gasteiger partial charge on any atom is -0.393 e. The molecule has 0 aromatic carbocycles. The summed E-state index contributed by atoms with van der Waals surface area (Å²) in [6, 6.07) is -0.931. The number of nitrogens with one attached hydrogen (secondary N) is 2. The molecule has 0 heterocycles. The SMILES string of the molecule is [2H]C1([2H])C[C@]2(C)C3CC[C@@]4(C)C(CC[C@@H]4[C@H](C)CC[C@@H](OS(=O)(=O)O)C(C)C)C3[C@H](O)C[C@H]2C([2H])([2H])[C@H]1NCCCNCCCCN. The molecule has 9 heteroatoms. The van der Waals surface area contributed by atoms with Gasteiger partial charge >= 0.3 is 10.4 Å². The second-order valence-corrected chi connectivity index (χ2v) is 16.3. The zero-order valence-corrected chi connectivity index (χ0v) is 28.3. The van der Waals surface area contributed by atoms with Crippen molar-refractivity contribution in [2.75, 3.05) is 26.2 Å². The van der Waals surface area contributed by atoms with E-state index in [-0.39, 0.29) is 29.1 Å². The van der Waals surface area contributed by atoms with E-state index in [0.717, 1.165) is 64.5 Å². The Kier molecular flexibility index (Phi) is 10.5. The van der Waals surface area contributed by atoms with Crippen LogP contribution in [0, 0.1) is 52.3 Å². The normalized spacial score (nSPS) is 43.0. The summed E-state index contributed by atoms with van der Waals surface area (Å²) in [5.74, 6) is 0.569. The summed E-state index contributed by atoms with van der Waals surface area (Å²) in [4.78, 5) is 0. The van der Waals surface area contributed by atoms with Gasteiger partial charge in [-0.15, -0.1) is 0 Å². The smallest absolute Gasteiger partial charge is 0.393 e. The molecule has 6 N–H and O–H groups in total. The zero-order chi connectivity index (χ0) is 35.0. The van der Waals surface area contributed by atoms with Crippen molar-refractivity contribution in [2.45, 2.75) is 136 Å². The van der Waals surface area contributed by atoms with Crippen LogP contribution in [0.4, 0.5) is 0 Å². The highest BCUT2D eigenvalue weighted by atomic mass is 32.3. The van der Waals surface area contributed by atoms with Crippen LogP contribution in [-0.4, -0.2) is 62.5 Å². The van der Waals surface area contributed by atoms with Gasteiger partial charge in [0, 0.05) is 11.5 Å². The van der Waals surface area contributed by atoms with Crippen LogP contribution in [0.15, 0.2) is 0 Å². The summed E-state index contributed by atoms with van der Waals surface area (Å²) in [7, 11) is -4.52. The fourth-order valence-corrected chi connectivity index (χ4v) is 10.5. The third-order valence-electron chi connectivity index (χ3n) is 12.3. The van der Waals surface area contributed by atoms with Crippen molar-refractivity contribution >= 4 is 10.4 Å². The molecule has 0 aromatic heterocycles. The molecule has 0 spiro atoms. The largest absolute Gasteiger partial charge is 0.397 e. The fraction of sp³-hybridized carbons (Fsp3) is 1.00.